The van der Waals surface area contributed by atoms with Crippen LogP contribution in [0, 0.1) is 0 Å². The SMILES string of the molecule is O=C(NCC(Cl)c1ccccc1)c1cccc(Cl)c1Cl. The van der Waals surface area contributed by atoms with E-state index in [0.29, 0.717) is 17.1 Å². The van der Waals surface area contributed by atoms with Gasteiger partial charge in [0.25, 0.3) is 5.91 Å². The molecule has 2 nitrogen and oxygen atoms in total. The van der Waals surface area contributed by atoms with Gasteiger partial charge in [0.1, 0.15) is 0 Å². The van der Waals surface area contributed by atoms with E-state index in [0.717, 1.165) is 5.56 Å². The predicted molar refractivity (Wildman–Crippen MR) is 83.8 cm³/mol. The molecule has 0 aliphatic heterocycles. The van der Waals surface area contributed by atoms with Crippen LogP contribution in [0.2, 0.25) is 10.0 Å². The average molecular weight is 329 g/mol. The fourth-order valence-electron chi connectivity index (χ4n) is 1.74. The first-order valence-electron chi connectivity index (χ1n) is 6.01. The van der Waals surface area contributed by atoms with Gasteiger partial charge in [-0.25, -0.2) is 0 Å². The first kappa shape index (κ1) is 15.2. The van der Waals surface area contributed by atoms with Crippen molar-refractivity contribution < 1.29 is 4.79 Å². The minimum absolute atomic E-state index is 0.248. The molecule has 0 spiro atoms. The summed E-state index contributed by atoms with van der Waals surface area (Å²) in [6, 6.07) is 14.5. The largest absolute Gasteiger partial charge is 0.350 e. The van der Waals surface area contributed by atoms with Gasteiger partial charge in [-0.1, -0.05) is 59.6 Å². The topological polar surface area (TPSA) is 29.1 Å². The number of halogens is 3. The Balaban J connectivity index is 2.01. The van der Waals surface area contributed by atoms with Gasteiger partial charge in [0.05, 0.1) is 21.0 Å². The normalized spacial score (nSPS) is 11.9. The number of carbonyl (C=O) groups excluding carboxylic acids is 1. The van der Waals surface area contributed by atoms with Gasteiger partial charge >= 0.3 is 0 Å². The highest BCUT2D eigenvalue weighted by Crippen LogP contribution is 2.25. The van der Waals surface area contributed by atoms with E-state index in [1.54, 1.807) is 18.2 Å². The van der Waals surface area contributed by atoms with Gasteiger partial charge in [-0.2, -0.15) is 0 Å². The second-order valence-electron chi connectivity index (χ2n) is 4.19. The van der Waals surface area contributed by atoms with E-state index in [-0.39, 0.29) is 16.3 Å². The van der Waals surface area contributed by atoms with Crippen LogP contribution in [-0.2, 0) is 0 Å². The fraction of sp³-hybridized carbons (Fsp3) is 0.133. The van der Waals surface area contributed by atoms with Crippen molar-refractivity contribution >= 4 is 40.7 Å². The molecule has 1 amide bonds. The zero-order chi connectivity index (χ0) is 14.5. The third-order valence-electron chi connectivity index (χ3n) is 2.80. The minimum Gasteiger partial charge on any atom is -0.350 e. The smallest absolute Gasteiger partial charge is 0.252 e. The van der Waals surface area contributed by atoms with Gasteiger partial charge in [0.15, 0.2) is 0 Å². The van der Waals surface area contributed by atoms with E-state index >= 15 is 0 Å². The van der Waals surface area contributed by atoms with Gasteiger partial charge in [-0.3, -0.25) is 4.79 Å². The molecule has 0 saturated heterocycles. The molecule has 1 N–H and O–H groups in total. The monoisotopic (exact) mass is 327 g/mol. The summed E-state index contributed by atoms with van der Waals surface area (Å²) in [7, 11) is 0. The van der Waals surface area contributed by atoms with E-state index in [9.17, 15) is 4.79 Å². The van der Waals surface area contributed by atoms with Crippen molar-refractivity contribution in [2.24, 2.45) is 0 Å². The molecule has 2 aromatic carbocycles. The van der Waals surface area contributed by atoms with Gasteiger partial charge < -0.3 is 5.32 Å². The second kappa shape index (κ2) is 6.98. The molecule has 1 unspecified atom stereocenters. The van der Waals surface area contributed by atoms with Crippen molar-refractivity contribution in [2.45, 2.75) is 5.38 Å². The highest BCUT2D eigenvalue weighted by molar-refractivity contribution is 6.43. The van der Waals surface area contributed by atoms with Crippen molar-refractivity contribution in [3.05, 3.63) is 69.7 Å². The molecule has 104 valence electrons. The summed E-state index contributed by atoms with van der Waals surface area (Å²) in [5, 5.41) is 3.06. The molecule has 0 heterocycles. The van der Waals surface area contributed by atoms with Crippen LogP contribution in [0.5, 0.6) is 0 Å². The third-order valence-corrected chi connectivity index (χ3v) is 4.02. The molecule has 0 radical (unpaired) electrons. The maximum atomic E-state index is 12.0. The molecule has 5 heteroatoms. The predicted octanol–water partition coefficient (Wildman–Crippen LogP) is 4.70. The molecule has 0 bridgehead atoms. The van der Waals surface area contributed by atoms with Crippen LogP contribution in [0.4, 0.5) is 0 Å². The Morgan fingerprint density at radius 3 is 2.45 bits per heavy atom. The number of rotatable bonds is 4. The molecule has 2 rings (SSSR count). The van der Waals surface area contributed by atoms with Crippen LogP contribution >= 0.6 is 34.8 Å². The quantitative estimate of drug-likeness (QED) is 0.810. The van der Waals surface area contributed by atoms with Gasteiger partial charge in [0.2, 0.25) is 0 Å². The molecule has 1 atom stereocenters. The summed E-state index contributed by atoms with van der Waals surface area (Å²) in [5.41, 5.74) is 1.29. The molecule has 0 aromatic heterocycles. The third kappa shape index (κ3) is 3.66. The van der Waals surface area contributed by atoms with E-state index in [1.165, 1.54) is 0 Å². The summed E-state index contributed by atoms with van der Waals surface area (Å²) in [6.07, 6.45) is 0. The molecule has 0 saturated carbocycles. The number of hydrogen-bond acceptors (Lipinski definition) is 1. The van der Waals surface area contributed by atoms with Crippen LogP contribution in [0.25, 0.3) is 0 Å². The highest BCUT2D eigenvalue weighted by Gasteiger charge is 2.14. The second-order valence-corrected chi connectivity index (χ2v) is 5.50. The number of carbonyl (C=O) groups is 1. The fourth-order valence-corrected chi connectivity index (χ4v) is 2.35. The van der Waals surface area contributed by atoms with Crippen LogP contribution in [-0.4, -0.2) is 12.5 Å². The van der Waals surface area contributed by atoms with E-state index in [2.05, 4.69) is 5.32 Å². The summed E-state index contributed by atoms with van der Waals surface area (Å²) < 4.78 is 0. The molecule has 0 aliphatic rings. The van der Waals surface area contributed by atoms with Crippen molar-refractivity contribution in [2.75, 3.05) is 6.54 Å². The summed E-state index contributed by atoms with van der Waals surface area (Å²) >= 11 is 18.1. The Hall–Kier alpha value is -1.22. The van der Waals surface area contributed by atoms with Crippen molar-refractivity contribution in [1.29, 1.82) is 0 Å². The molecule has 0 aliphatic carbocycles. The van der Waals surface area contributed by atoms with E-state index in [1.807, 2.05) is 30.3 Å². The van der Waals surface area contributed by atoms with Crippen LogP contribution < -0.4 is 5.32 Å². The Morgan fingerprint density at radius 2 is 1.75 bits per heavy atom. The molecule has 2 aromatic rings. The van der Waals surface area contributed by atoms with Crippen LogP contribution in [0.3, 0.4) is 0 Å². The van der Waals surface area contributed by atoms with E-state index in [4.69, 9.17) is 34.8 Å². The average Bonchev–Trinajstić information content (AvgIpc) is 2.48. The lowest BCUT2D eigenvalue weighted by atomic mass is 10.1. The molecular formula is C15H12Cl3NO. The number of hydrogen-bond donors (Lipinski definition) is 1. The Labute approximate surface area is 132 Å². The number of alkyl halides is 1. The van der Waals surface area contributed by atoms with E-state index < -0.39 is 0 Å². The summed E-state index contributed by atoms with van der Waals surface area (Å²) in [5.74, 6) is -0.293. The minimum atomic E-state index is -0.293. The maximum Gasteiger partial charge on any atom is 0.252 e. The Kier molecular flexibility index (Phi) is 5.30. The lowest BCUT2D eigenvalue weighted by Gasteiger charge is -2.12. The highest BCUT2D eigenvalue weighted by atomic mass is 35.5. The lowest BCUT2D eigenvalue weighted by Crippen LogP contribution is -2.27. The standard InChI is InChI=1S/C15H12Cl3NO/c16-12-8-4-7-11(14(12)18)15(20)19-9-13(17)10-5-2-1-3-6-10/h1-8,13H,9H2,(H,19,20). The first-order chi connectivity index (χ1) is 9.59. The first-order valence-corrected chi connectivity index (χ1v) is 7.20. The maximum absolute atomic E-state index is 12.0. The van der Waals surface area contributed by atoms with Crippen molar-refractivity contribution in [3.8, 4) is 0 Å². The lowest BCUT2D eigenvalue weighted by molar-refractivity contribution is 0.0953. The Morgan fingerprint density at radius 1 is 1.05 bits per heavy atom. The summed E-state index contributed by atoms with van der Waals surface area (Å²) in [6.45, 7) is 0.313. The summed E-state index contributed by atoms with van der Waals surface area (Å²) in [4.78, 5) is 12.0. The van der Waals surface area contributed by atoms with Crippen LogP contribution in [0.15, 0.2) is 48.5 Å². The Bertz CT molecular complexity index is 601. The zero-order valence-electron chi connectivity index (χ0n) is 10.4. The molecular weight excluding hydrogens is 317 g/mol. The zero-order valence-corrected chi connectivity index (χ0v) is 12.7. The van der Waals surface area contributed by atoms with Gasteiger partial charge in [0, 0.05) is 6.54 Å². The van der Waals surface area contributed by atoms with Crippen molar-refractivity contribution in [3.63, 3.8) is 0 Å². The van der Waals surface area contributed by atoms with Gasteiger partial charge in [-0.05, 0) is 17.7 Å². The number of benzene rings is 2. The van der Waals surface area contributed by atoms with Crippen LogP contribution in [0.1, 0.15) is 21.3 Å². The number of nitrogens with one attached hydrogen (secondary N) is 1. The molecule has 0 fully saturated rings. The van der Waals surface area contributed by atoms with Gasteiger partial charge in [-0.15, -0.1) is 11.6 Å². The van der Waals surface area contributed by atoms with Crippen molar-refractivity contribution in [1.82, 2.24) is 5.32 Å². The molecule has 20 heavy (non-hydrogen) atoms. The number of amides is 1.